The number of aromatic nitrogens is 2. The number of benzene rings is 4. The first-order chi connectivity index (χ1) is 25.4. The summed E-state index contributed by atoms with van der Waals surface area (Å²) in [5.41, 5.74) is 8.52. The van der Waals surface area contributed by atoms with E-state index in [0.717, 1.165) is 22.3 Å². The van der Waals surface area contributed by atoms with E-state index in [-0.39, 0.29) is 5.41 Å². The molecule has 1 aliphatic rings. The second-order valence-corrected chi connectivity index (χ2v) is 14.2. The Morgan fingerprint density at radius 2 is 1.37 bits per heavy atom. The lowest BCUT2D eigenvalue weighted by Gasteiger charge is -2.13. The molecule has 0 N–H and O–H groups in total. The first-order valence-corrected chi connectivity index (χ1v) is 19.0. The lowest BCUT2D eigenvalue weighted by atomic mass is 9.93. The van der Waals surface area contributed by atoms with Crippen LogP contribution in [0.15, 0.2) is 135 Å². The van der Waals surface area contributed by atoms with E-state index in [1.165, 1.54) is 53.2 Å². The molecule has 0 amide bonds. The molecule has 3 heteroatoms. The van der Waals surface area contributed by atoms with Gasteiger partial charge in [0.1, 0.15) is 0 Å². The molecule has 7 aromatic rings. The minimum Gasteiger partial charge on any atom is -0.309 e. The highest BCUT2D eigenvalue weighted by Crippen LogP contribution is 2.39. The van der Waals surface area contributed by atoms with Crippen LogP contribution in [0.3, 0.4) is 0 Å². The molecule has 3 aromatic heterocycles. The van der Waals surface area contributed by atoms with Crippen LogP contribution in [0.1, 0.15) is 64.1 Å². The maximum atomic E-state index is 3.98. The Kier molecular flexibility index (Phi) is 10.9. The van der Waals surface area contributed by atoms with Crippen LogP contribution in [0.5, 0.6) is 0 Å². The highest BCUT2D eigenvalue weighted by Gasteiger charge is 2.20. The summed E-state index contributed by atoms with van der Waals surface area (Å²) in [4.78, 5) is 0. The summed E-state index contributed by atoms with van der Waals surface area (Å²) in [5, 5.41) is 6.30. The van der Waals surface area contributed by atoms with E-state index in [1.54, 1.807) is 0 Å². The number of fused-ring (bicyclic) bond motifs is 6. The Labute approximate surface area is 312 Å². The quantitative estimate of drug-likeness (QED) is 0.170. The summed E-state index contributed by atoms with van der Waals surface area (Å²) in [6.07, 6.45) is 21.3. The van der Waals surface area contributed by atoms with Gasteiger partial charge in [0, 0.05) is 58.7 Å². The first-order valence-electron chi connectivity index (χ1n) is 18.2. The Morgan fingerprint density at radius 1 is 0.692 bits per heavy atom. The Balaban J connectivity index is 0.000000180. The summed E-state index contributed by atoms with van der Waals surface area (Å²) in [6.45, 7) is 20.4. The van der Waals surface area contributed by atoms with Gasteiger partial charge in [0.15, 0.2) is 0 Å². The number of nitrogens with zero attached hydrogens (tertiary/aromatic N) is 2. The van der Waals surface area contributed by atoms with Crippen LogP contribution in [0.25, 0.3) is 78.9 Å². The average Bonchev–Trinajstić information content (AvgIpc) is 3.77. The van der Waals surface area contributed by atoms with Crippen LogP contribution in [0.4, 0.5) is 0 Å². The van der Waals surface area contributed by atoms with Gasteiger partial charge in [-0.3, -0.25) is 0 Å². The van der Waals surface area contributed by atoms with Crippen molar-refractivity contribution in [3.8, 4) is 11.4 Å². The van der Waals surface area contributed by atoms with Gasteiger partial charge in [-0.25, -0.2) is 0 Å². The van der Waals surface area contributed by atoms with Crippen LogP contribution in [0, 0.1) is 5.41 Å². The number of rotatable bonds is 5. The van der Waals surface area contributed by atoms with E-state index in [1.807, 2.05) is 56.4 Å². The molecule has 0 saturated carbocycles. The Morgan fingerprint density at radius 3 is 2.08 bits per heavy atom. The SMILES string of the molecule is C=C/C=c1\c(=C/C)c(C=C)c(/C=C\C)n1-c1ccccc1.CC.CC1(C)C=Cc2c(n(-c3ccc4c(c3)sc3ccccc34)c3ccccc23)C=C1. The molecule has 260 valence electrons. The highest BCUT2D eigenvalue weighted by molar-refractivity contribution is 7.25. The molecule has 3 heterocycles. The van der Waals surface area contributed by atoms with Crippen molar-refractivity contribution in [1.29, 1.82) is 0 Å². The fraction of sp³-hybridized carbons (Fsp3) is 0.143. The minimum atomic E-state index is 0.0559. The summed E-state index contributed by atoms with van der Waals surface area (Å²) in [6, 6.07) is 34.7. The maximum Gasteiger partial charge on any atom is 0.0541 e. The second-order valence-electron chi connectivity index (χ2n) is 13.1. The van der Waals surface area contributed by atoms with Gasteiger partial charge in [-0.15, -0.1) is 11.3 Å². The second kappa shape index (κ2) is 15.7. The normalized spacial score (nSPS) is 13.9. The molecular weight excluding hydrogens is 649 g/mol. The lowest BCUT2D eigenvalue weighted by molar-refractivity contribution is 0.633. The van der Waals surface area contributed by atoms with Crippen LogP contribution >= 0.6 is 11.3 Å². The third kappa shape index (κ3) is 6.73. The molecule has 0 saturated heterocycles. The van der Waals surface area contributed by atoms with E-state index in [2.05, 4.69) is 177 Å². The molecule has 0 unspecified atom stereocenters. The van der Waals surface area contributed by atoms with Crippen molar-refractivity contribution in [3.05, 3.63) is 168 Å². The number of allylic oxidation sites excluding steroid dienone is 4. The zero-order valence-corrected chi connectivity index (χ0v) is 32.0. The zero-order valence-electron chi connectivity index (χ0n) is 31.2. The molecule has 0 aliphatic heterocycles. The molecule has 52 heavy (non-hydrogen) atoms. The van der Waals surface area contributed by atoms with Crippen molar-refractivity contribution in [2.75, 3.05) is 0 Å². The fourth-order valence-electron chi connectivity index (χ4n) is 7.02. The van der Waals surface area contributed by atoms with E-state index in [9.17, 15) is 0 Å². The average molecular weight is 697 g/mol. The van der Waals surface area contributed by atoms with Crippen molar-refractivity contribution in [3.63, 3.8) is 0 Å². The summed E-state index contributed by atoms with van der Waals surface area (Å²) in [7, 11) is 0. The largest absolute Gasteiger partial charge is 0.309 e. The van der Waals surface area contributed by atoms with Gasteiger partial charge < -0.3 is 9.13 Å². The predicted octanol–water partition coefficient (Wildman–Crippen LogP) is 13.0. The summed E-state index contributed by atoms with van der Waals surface area (Å²) in [5.74, 6) is 0. The predicted molar refractivity (Wildman–Crippen MR) is 234 cm³/mol. The van der Waals surface area contributed by atoms with E-state index >= 15 is 0 Å². The number of para-hydroxylation sites is 2. The van der Waals surface area contributed by atoms with Crippen LogP contribution in [0.2, 0.25) is 0 Å². The van der Waals surface area contributed by atoms with Gasteiger partial charge in [-0.2, -0.15) is 0 Å². The Hall–Kier alpha value is -5.64. The standard InChI is InChI=1S/C27H21NS.C20H21N.C2H6/c1-27(2)15-13-20-19-7-3-5-9-23(19)28(24(20)14-16-27)18-11-12-22-21-8-4-6-10-25(21)29-26(22)17-18;1-5-12-19-17(7-3)18(8-4)20(13-6-2)21(19)16-14-10-9-11-15-16;1-2/h3-17H,1-2H3;5-15H,1,4H2,2-3H3;1-2H3/b;13-6-,17-7-,19-12+;. The van der Waals surface area contributed by atoms with Gasteiger partial charge in [0.05, 0.1) is 22.3 Å². The van der Waals surface area contributed by atoms with Crippen molar-refractivity contribution >= 4 is 78.9 Å². The van der Waals surface area contributed by atoms with Crippen molar-refractivity contribution < 1.29 is 0 Å². The molecule has 0 atom stereocenters. The van der Waals surface area contributed by atoms with Crippen molar-refractivity contribution in [2.24, 2.45) is 5.41 Å². The van der Waals surface area contributed by atoms with Crippen molar-refractivity contribution in [2.45, 2.75) is 41.5 Å². The maximum absolute atomic E-state index is 3.98. The van der Waals surface area contributed by atoms with Crippen LogP contribution < -0.4 is 10.6 Å². The van der Waals surface area contributed by atoms with E-state index in [0.29, 0.717) is 0 Å². The third-order valence-electron chi connectivity index (χ3n) is 9.35. The first kappa shape index (κ1) is 36.2. The lowest BCUT2D eigenvalue weighted by Crippen LogP contribution is -2.28. The van der Waals surface area contributed by atoms with Gasteiger partial charge in [0.25, 0.3) is 0 Å². The molecule has 0 bridgehead atoms. The van der Waals surface area contributed by atoms with Crippen LogP contribution in [-0.2, 0) is 0 Å². The van der Waals surface area contributed by atoms with Gasteiger partial charge in [-0.1, -0.05) is 144 Å². The smallest absolute Gasteiger partial charge is 0.0541 e. The fourth-order valence-corrected chi connectivity index (χ4v) is 8.16. The molecule has 0 spiro atoms. The van der Waals surface area contributed by atoms with Gasteiger partial charge >= 0.3 is 0 Å². The minimum absolute atomic E-state index is 0.0559. The molecule has 1 aliphatic carbocycles. The number of hydrogen-bond acceptors (Lipinski definition) is 1. The summed E-state index contributed by atoms with van der Waals surface area (Å²) >= 11 is 1.87. The van der Waals surface area contributed by atoms with Gasteiger partial charge in [-0.05, 0) is 68.5 Å². The molecule has 0 radical (unpaired) electrons. The molecule has 2 nitrogen and oxygen atoms in total. The van der Waals surface area contributed by atoms with Gasteiger partial charge in [0.2, 0.25) is 0 Å². The number of hydrogen-bond donors (Lipinski definition) is 0. The van der Waals surface area contributed by atoms with E-state index in [4.69, 9.17) is 0 Å². The zero-order chi connectivity index (χ0) is 36.8. The third-order valence-corrected chi connectivity index (χ3v) is 10.5. The van der Waals surface area contributed by atoms with E-state index < -0.39 is 0 Å². The molecule has 8 rings (SSSR count). The highest BCUT2D eigenvalue weighted by atomic mass is 32.1. The Bertz CT molecular complexity index is 2610. The van der Waals surface area contributed by atoms with Crippen molar-refractivity contribution in [1.82, 2.24) is 9.13 Å². The van der Waals surface area contributed by atoms with Crippen LogP contribution in [-0.4, -0.2) is 9.13 Å². The molecule has 0 fully saturated rings. The molecular formula is C49H48N2S. The number of thiophene rings is 1. The molecule has 4 aromatic carbocycles. The summed E-state index contributed by atoms with van der Waals surface area (Å²) < 4.78 is 7.34. The monoisotopic (exact) mass is 696 g/mol. The topological polar surface area (TPSA) is 9.86 Å².